The van der Waals surface area contributed by atoms with Crippen molar-refractivity contribution in [2.75, 3.05) is 13.2 Å². The molecule has 2 rings (SSSR count). The van der Waals surface area contributed by atoms with Gasteiger partial charge in [-0.1, -0.05) is 0 Å². The molecule has 20 heavy (non-hydrogen) atoms. The van der Waals surface area contributed by atoms with Crippen molar-refractivity contribution in [2.24, 2.45) is 0 Å². The first kappa shape index (κ1) is 14.0. The molecule has 0 atom stereocenters. The Morgan fingerprint density at radius 2 is 2.15 bits per heavy atom. The molecule has 0 spiro atoms. The van der Waals surface area contributed by atoms with Gasteiger partial charge in [-0.05, 0) is 26.0 Å². The van der Waals surface area contributed by atoms with Crippen molar-refractivity contribution < 1.29 is 14.3 Å². The number of carbonyl (C=O) groups excluding carboxylic acids is 1. The lowest BCUT2D eigenvalue weighted by Gasteiger charge is -2.10. The lowest BCUT2D eigenvalue weighted by atomic mass is 10.4. The lowest BCUT2D eigenvalue weighted by molar-refractivity contribution is -0.143. The lowest BCUT2D eigenvalue weighted by Crippen LogP contribution is -2.28. The van der Waals surface area contributed by atoms with E-state index >= 15 is 0 Å². The van der Waals surface area contributed by atoms with Gasteiger partial charge in [0, 0.05) is 6.20 Å². The average Bonchev–Trinajstić information content (AvgIpc) is 2.44. The zero-order chi connectivity index (χ0) is 14.5. The monoisotopic (exact) mass is 277 g/mol. The second kappa shape index (κ2) is 6.14. The highest BCUT2D eigenvalue weighted by atomic mass is 16.5. The van der Waals surface area contributed by atoms with Crippen molar-refractivity contribution in [2.45, 2.75) is 20.4 Å². The molecular formula is C13H15N3O4. The fourth-order valence-corrected chi connectivity index (χ4v) is 1.77. The molecule has 2 heterocycles. The number of nitrogens with zero attached hydrogens (tertiary/aromatic N) is 3. The van der Waals surface area contributed by atoms with E-state index in [0.717, 1.165) is 0 Å². The minimum absolute atomic E-state index is 0.0442. The van der Waals surface area contributed by atoms with Gasteiger partial charge < -0.3 is 9.47 Å². The van der Waals surface area contributed by atoms with E-state index in [-0.39, 0.29) is 19.0 Å². The predicted octanol–water partition coefficient (Wildman–Crippen LogP) is 0.753. The number of hydrogen-bond acceptors (Lipinski definition) is 6. The fraction of sp³-hybridized carbons (Fsp3) is 0.385. The van der Waals surface area contributed by atoms with Crippen LogP contribution < -0.4 is 10.3 Å². The Balaban J connectivity index is 2.56. The Labute approximate surface area is 115 Å². The third-order valence-electron chi connectivity index (χ3n) is 2.55. The average molecular weight is 277 g/mol. The summed E-state index contributed by atoms with van der Waals surface area (Å²) in [6.07, 6.45) is 1.53. The number of pyridine rings is 1. The summed E-state index contributed by atoms with van der Waals surface area (Å²) < 4.78 is 11.3. The van der Waals surface area contributed by atoms with E-state index in [1.165, 1.54) is 10.8 Å². The van der Waals surface area contributed by atoms with Crippen molar-refractivity contribution in [3.05, 3.63) is 28.7 Å². The summed E-state index contributed by atoms with van der Waals surface area (Å²) in [6, 6.07) is 3.40. The highest BCUT2D eigenvalue weighted by molar-refractivity contribution is 5.74. The molecule has 0 saturated carbocycles. The van der Waals surface area contributed by atoms with Crippen LogP contribution >= 0.6 is 0 Å². The molecule has 2 aromatic rings. The summed E-state index contributed by atoms with van der Waals surface area (Å²) in [5.74, 6) is -0.549. The first-order chi connectivity index (χ1) is 9.67. The Morgan fingerprint density at radius 1 is 1.35 bits per heavy atom. The van der Waals surface area contributed by atoms with Crippen LogP contribution in [0.3, 0.4) is 0 Å². The largest absolute Gasteiger partial charge is 0.474 e. The van der Waals surface area contributed by atoms with Crippen LogP contribution in [0.2, 0.25) is 0 Å². The van der Waals surface area contributed by atoms with E-state index in [1.807, 2.05) is 0 Å². The maximum Gasteiger partial charge on any atom is 0.326 e. The number of rotatable bonds is 5. The number of fused-ring (bicyclic) bond motifs is 1. The second-order valence-electron chi connectivity index (χ2n) is 3.89. The molecule has 0 saturated heterocycles. The van der Waals surface area contributed by atoms with Gasteiger partial charge in [0.1, 0.15) is 12.1 Å². The van der Waals surface area contributed by atoms with Gasteiger partial charge in [0.15, 0.2) is 5.65 Å². The molecule has 7 nitrogen and oxygen atoms in total. The van der Waals surface area contributed by atoms with Crippen molar-refractivity contribution in [3.8, 4) is 5.88 Å². The van der Waals surface area contributed by atoms with Gasteiger partial charge in [-0.15, -0.1) is 0 Å². The topological polar surface area (TPSA) is 83.3 Å². The standard InChI is InChI=1S/C13H15N3O4/c1-3-19-10(17)8-16-11-9(6-5-7-14-11)15-12(13(16)18)20-4-2/h5-7H,3-4,8H2,1-2H3. The highest BCUT2D eigenvalue weighted by Crippen LogP contribution is 2.10. The smallest absolute Gasteiger partial charge is 0.326 e. The molecule has 0 aliphatic heterocycles. The van der Waals surface area contributed by atoms with E-state index in [9.17, 15) is 9.59 Å². The van der Waals surface area contributed by atoms with Gasteiger partial charge in [0.25, 0.3) is 5.88 Å². The Hall–Kier alpha value is -2.44. The maximum atomic E-state index is 12.2. The molecule has 2 aromatic heterocycles. The van der Waals surface area contributed by atoms with Gasteiger partial charge >= 0.3 is 11.5 Å². The second-order valence-corrected chi connectivity index (χ2v) is 3.89. The zero-order valence-corrected chi connectivity index (χ0v) is 11.3. The summed E-state index contributed by atoms with van der Waals surface area (Å²) in [5, 5.41) is 0. The molecule has 0 aliphatic carbocycles. The minimum atomic E-state index is -0.504. The number of aromatic nitrogens is 3. The van der Waals surface area contributed by atoms with E-state index in [2.05, 4.69) is 9.97 Å². The Bertz CT molecular complexity index is 681. The van der Waals surface area contributed by atoms with Crippen LogP contribution in [-0.2, 0) is 16.1 Å². The summed E-state index contributed by atoms with van der Waals surface area (Å²) >= 11 is 0. The fourth-order valence-electron chi connectivity index (χ4n) is 1.77. The van der Waals surface area contributed by atoms with Gasteiger partial charge in [-0.3, -0.25) is 14.2 Å². The van der Waals surface area contributed by atoms with Crippen LogP contribution in [0.4, 0.5) is 0 Å². The van der Waals surface area contributed by atoms with Gasteiger partial charge in [-0.2, -0.15) is 0 Å². The molecule has 0 unspecified atom stereocenters. The number of carbonyl (C=O) groups is 1. The van der Waals surface area contributed by atoms with E-state index < -0.39 is 11.5 Å². The Kier molecular flexibility index (Phi) is 4.29. The van der Waals surface area contributed by atoms with Crippen LogP contribution in [0.25, 0.3) is 11.2 Å². The molecule has 7 heteroatoms. The third kappa shape index (κ3) is 2.76. The van der Waals surface area contributed by atoms with Gasteiger partial charge in [0.2, 0.25) is 0 Å². The van der Waals surface area contributed by atoms with Crippen LogP contribution in [0.5, 0.6) is 5.88 Å². The van der Waals surface area contributed by atoms with Gasteiger partial charge in [-0.25, -0.2) is 9.97 Å². The van der Waals surface area contributed by atoms with E-state index in [4.69, 9.17) is 9.47 Å². The minimum Gasteiger partial charge on any atom is -0.474 e. The molecular weight excluding hydrogens is 262 g/mol. The number of esters is 1. The molecule has 0 amide bonds. The molecule has 0 fully saturated rings. The van der Waals surface area contributed by atoms with Crippen LogP contribution in [0, 0.1) is 0 Å². The summed E-state index contributed by atoms with van der Waals surface area (Å²) in [7, 11) is 0. The zero-order valence-electron chi connectivity index (χ0n) is 11.3. The molecule has 0 radical (unpaired) electrons. The summed E-state index contributed by atoms with van der Waals surface area (Å²) in [4.78, 5) is 32.0. The molecule has 0 bridgehead atoms. The van der Waals surface area contributed by atoms with Crippen molar-refractivity contribution in [1.82, 2.24) is 14.5 Å². The van der Waals surface area contributed by atoms with Crippen LogP contribution in [0.1, 0.15) is 13.8 Å². The van der Waals surface area contributed by atoms with Crippen molar-refractivity contribution >= 4 is 17.1 Å². The number of hydrogen-bond donors (Lipinski definition) is 0. The first-order valence-electron chi connectivity index (χ1n) is 6.31. The van der Waals surface area contributed by atoms with Crippen molar-refractivity contribution in [3.63, 3.8) is 0 Å². The van der Waals surface area contributed by atoms with Crippen LogP contribution in [0.15, 0.2) is 23.1 Å². The normalized spacial score (nSPS) is 10.5. The predicted molar refractivity (Wildman–Crippen MR) is 71.6 cm³/mol. The van der Waals surface area contributed by atoms with E-state index in [0.29, 0.717) is 17.8 Å². The highest BCUT2D eigenvalue weighted by Gasteiger charge is 2.15. The van der Waals surface area contributed by atoms with Gasteiger partial charge in [0.05, 0.1) is 13.2 Å². The molecule has 0 N–H and O–H groups in total. The summed E-state index contributed by atoms with van der Waals surface area (Å²) in [5.41, 5.74) is 0.319. The molecule has 106 valence electrons. The SMILES string of the molecule is CCOC(=O)Cn1c(=O)c(OCC)nc2cccnc21. The summed E-state index contributed by atoms with van der Waals surface area (Å²) in [6.45, 7) is 3.80. The quantitative estimate of drug-likeness (QED) is 0.750. The third-order valence-corrected chi connectivity index (χ3v) is 2.55. The van der Waals surface area contributed by atoms with E-state index in [1.54, 1.807) is 26.0 Å². The van der Waals surface area contributed by atoms with Crippen LogP contribution in [-0.4, -0.2) is 33.7 Å². The molecule has 0 aromatic carbocycles. The Morgan fingerprint density at radius 3 is 2.85 bits per heavy atom. The molecule has 0 aliphatic rings. The first-order valence-corrected chi connectivity index (χ1v) is 6.31. The number of ether oxygens (including phenoxy) is 2. The maximum absolute atomic E-state index is 12.2. The van der Waals surface area contributed by atoms with Crippen molar-refractivity contribution in [1.29, 1.82) is 0 Å².